The number of aryl methyl sites for hydroxylation is 1. The molecule has 1 N–H and O–H groups in total. The van der Waals surface area contributed by atoms with Crippen LogP contribution in [0, 0.1) is 10.1 Å². The van der Waals surface area contributed by atoms with E-state index in [9.17, 15) is 28.4 Å². The molecule has 3 aromatic carbocycles. The molecule has 2 heterocycles. The first-order valence-electron chi connectivity index (χ1n) is 14.4. The van der Waals surface area contributed by atoms with Gasteiger partial charge in [-0.3, -0.25) is 4.57 Å². The van der Waals surface area contributed by atoms with Gasteiger partial charge in [-0.05, 0) is 94.2 Å². The second-order valence-corrected chi connectivity index (χ2v) is 10.9. The number of ether oxygens (including phenoxy) is 3. The lowest BCUT2D eigenvalue weighted by molar-refractivity contribution is -0.389. The third kappa shape index (κ3) is 9.17. The Labute approximate surface area is 267 Å². The number of aliphatic hydroxyl groups is 1. The van der Waals surface area contributed by atoms with Crippen LogP contribution in [-0.2, 0) is 13.2 Å². The van der Waals surface area contributed by atoms with Gasteiger partial charge in [-0.2, -0.15) is 0 Å². The smallest absolute Gasteiger partial charge is 0.491 e. The molecular formula is C31H31ClF3N5O6. The van der Waals surface area contributed by atoms with Gasteiger partial charge in [0.1, 0.15) is 36.7 Å². The van der Waals surface area contributed by atoms with Crippen LogP contribution in [0.3, 0.4) is 0 Å². The summed E-state index contributed by atoms with van der Waals surface area (Å²) in [6.07, 6.45) is -4.00. The summed E-state index contributed by atoms with van der Waals surface area (Å²) in [6.45, 7) is 3.81. The molecule has 1 fully saturated rings. The minimum absolute atomic E-state index is 0.00892. The number of alkyl halides is 3. The molecule has 1 saturated heterocycles. The fourth-order valence-corrected chi connectivity index (χ4v) is 5.09. The summed E-state index contributed by atoms with van der Waals surface area (Å²) < 4.78 is 53.8. The van der Waals surface area contributed by atoms with E-state index in [4.69, 9.17) is 21.1 Å². The number of piperazine rings is 1. The first-order valence-corrected chi connectivity index (χ1v) is 14.8. The Bertz CT molecular complexity index is 1580. The van der Waals surface area contributed by atoms with Crippen LogP contribution in [0.5, 0.6) is 17.2 Å². The maximum absolute atomic E-state index is 12.3. The second-order valence-electron chi connectivity index (χ2n) is 10.5. The van der Waals surface area contributed by atoms with Gasteiger partial charge in [-0.25, -0.2) is 0 Å². The average Bonchev–Trinajstić information content (AvgIpc) is 3.43. The van der Waals surface area contributed by atoms with Crippen molar-refractivity contribution in [3.63, 3.8) is 0 Å². The molecule has 0 saturated carbocycles. The Balaban J connectivity index is 1.02. The number of nitrogens with zero attached hydrogens (tertiary/aromatic N) is 5. The number of benzene rings is 3. The fraction of sp³-hybridized carbons (Fsp3) is 0.323. The van der Waals surface area contributed by atoms with Crippen molar-refractivity contribution < 1.29 is 37.4 Å². The summed E-state index contributed by atoms with van der Waals surface area (Å²) in [5, 5.41) is 21.1. The third-order valence-electron chi connectivity index (χ3n) is 7.29. The van der Waals surface area contributed by atoms with Crippen LogP contribution in [0.4, 0.5) is 30.4 Å². The zero-order valence-electron chi connectivity index (χ0n) is 24.5. The minimum Gasteiger partial charge on any atom is -0.491 e. The molecule has 1 atom stereocenters. The summed E-state index contributed by atoms with van der Waals surface area (Å²) in [5.74, 6) is 0.655. The molecular weight excluding hydrogens is 631 g/mol. The van der Waals surface area contributed by atoms with Crippen molar-refractivity contribution in [2.75, 3.05) is 42.6 Å². The lowest BCUT2D eigenvalue weighted by Gasteiger charge is -2.37. The molecule has 0 amide bonds. The lowest BCUT2D eigenvalue weighted by atomic mass is 10.2. The van der Waals surface area contributed by atoms with E-state index < -0.39 is 17.4 Å². The van der Waals surface area contributed by atoms with Crippen LogP contribution >= 0.6 is 11.6 Å². The molecule has 0 aliphatic carbocycles. The highest BCUT2D eigenvalue weighted by Gasteiger charge is 2.31. The van der Waals surface area contributed by atoms with Crippen molar-refractivity contribution in [1.82, 2.24) is 9.55 Å². The van der Waals surface area contributed by atoms with E-state index in [1.54, 1.807) is 0 Å². The zero-order valence-corrected chi connectivity index (χ0v) is 25.2. The first kappa shape index (κ1) is 32.7. The zero-order chi connectivity index (χ0) is 32.7. The summed E-state index contributed by atoms with van der Waals surface area (Å²) in [4.78, 5) is 18.4. The summed E-state index contributed by atoms with van der Waals surface area (Å²) in [5.41, 5.74) is 2.85. The van der Waals surface area contributed by atoms with Crippen molar-refractivity contribution in [3.05, 3.63) is 100.0 Å². The highest BCUT2D eigenvalue weighted by atomic mass is 35.5. The van der Waals surface area contributed by atoms with Crippen LogP contribution in [0.2, 0.25) is 5.28 Å². The number of halogens is 4. The lowest BCUT2D eigenvalue weighted by Crippen LogP contribution is -2.46. The third-order valence-corrected chi connectivity index (χ3v) is 7.60. The molecule has 5 rings (SSSR count). The summed E-state index contributed by atoms with van der Waals surface area (Å²) in [6, 6.07) is 21.0. The maximum Gasteiger partial charge on any atom is 0.573 e. The van der Waals surface area contributed by atoms with E-state index in [0.717, 1.165) is 43.1 Å². The monoisotopic (exact) mass is 661 g/mol. The van der Waals surface area contributed by atoms with E-state index in [0.29, 0.717) is 11.5 Å². The largest absolute Gasteiger partial charge is 0.573 e. The molecule has 0 bridgehead atoms. The molecule has 1 aromatic heterocycles. The number of rotatable bonds is 13. The Hall–Kier alpha value is -4.69. The van der Waals surface area contributed by atoms with Crippen LogP contribution in [0.25, 0.3) is 0 Å². The highest BCUT2D eigenvalue weighted by Crippen LogP contribution is 2.26. The van der Waals surface area contributed by atoms with Crippen LogP contribution in [-0.4, -0.2) is 64.8 Å². The van der Waals surface area contributed by atoms with Gasteiger partial charge in [0, 0.05) is 44.1 Å². The number of nitro groups is 1. The number of aromatic nitrogens is 2. The number of aliphatic hydroxyl groups excluding tert-OH is 1. The number of hydrogen-bond acceptors (Lipinski definition) is 9. The standard InChI is InChI=1S/C31H31ClF3N5O6/c32-30-36-29(40(42)43)19-39(30)14-13-25(41)21-45-27-11-5-24(6-12-27)38-17-15-37(16-18-38)23-3-9-26(10-4-23)44-20-22-1-7-28(8-2-22)46-31(33,34)35/h1-12,19,25,41H,13-18,20-21H2. The van der Waals surface area contributed by atoms with E-state index in [-0.39, 0.29) is 43.0 Å². The van der Waals surface area contributed by atoms with Crippen molar-refractivity contribution in [1.29, 1.82) is 0 Å². The Morgan fingerprint density at radius 2 is 1.39 bits per heavy atom. The van der Waals surface area contributed by atoms with Gasteiger partial charge in [-0.1, -0.05) is 12.1 Å². The van der Waals surface area contributed by atoms with E-state index in [1.165, 1.54) is 35.0 Å². The van der Waals surface area contributed by atoms with Gasteiger partial charge in [0.05, 0.1) is 6.10 Å². The molecule has 1 unspecified atom stereocenters. The molecule has 0 spiro atoms. The number of hydrogen-bond donors (Lipinski definition) is 1. The van der Waals surface area contributed by atoms with Crippen LogP contribution in [0.15, 0.2) is 79.0 Å². The van der Waals surface area contributed by atoms with Crippen molar-refractivity contribution >= 4 is 28.8 Å². The number of anilines is 2. The van der Waals surface area contributed by atoms with E-state index in [2.05, 4.69) is 19.5 Å². The SMILES string of the molecule is O=[N+]([O-])c1cn(CCC(O)COc2ccc(N3CCN(c4ccc(OCc5ccc(OC(F)(F)F)cc5)cc4)CC3)cc2)c(Cl)n1. The van der Waals surface area contributed by atoms with Crippen molar-refractivity contribution in [2.45, 2.75) is 32.0 Å². The minimum atomic E-state index is -4.72. The summed E-state index contributed by atoms with van der Waals surface area (Å²) >= 11 is 5.91. The summed E-state index contributed by atoms with van der Waals surface area (Å²) in [7, 11) is 0. The van der Waals surface area contributed by atoms with E-state index >= 15 is 0 Å². The van der Waals surface area contributed by atoms with Gasteiger partial charge in [0.2, 0.25) is 0 Å². The van der Waals surface area contributed by atoms with Gasteiger partial charge < -0.3 is 39.2 Å². The normalized spacial score (nSPS) is 14.2. The molecule has 46 heavy (non-hydrogen) atoms. The molecule has 11 nitrogen and oxygen atoms in total. The van der Waals surface area contributed by atoms with Gasteiger partial charge in [0.25, 0.3) is 0 Å². The average molecular weight is 662 g/mol. The Kier molecular flexibility index (Phi) is 10.4. The van der Waals surface area contributed by atoms with Gasteiger partial charge >= 0.3 is 17.5 Å². The van der Waals surface area contributed by atoms with Gasteiger partial charge in [-0.15, -0.1) is 13.2 Å². The van der Waals surface area contributed by atoms with Gasteiger partial charge in [0.15, 0.2) is 0 Å². The quantitative estimate of drug-likeness (QED) is 0.134. The van der Waals surface area contributed by atoms with Crippen molar-refractivity contribution in [2.24, 2.45) is 0 Å². The van der Waals surface area contributed by atoms with Crippen LogP contribution < -0.4 is 24.0 Å². The highest BCUT2D eigenvalue weighted by molar-refractivity contribution is 6.28. The molecule has 0 radical (unpaired) electrons. The second kappa shape index (κ2) is 14.6. The first-order chi connectivity index (χ1) is 22.0. The maximum atomic E-state index is 12.3. The van der Waals surface area contributed by atoms with Crippen LogP contribution in [0.1, 0.15) is 12.0 Å². The predicted molar refractivity (Wildman–Crippen MR) is 165 cm³/mol. The Morgan fingerprint density at radius 3 is 1.89 bits per heavy atom. The predicted octanol–water partition coefficient (Wildman–Crippen LogP) is 6.08. The molecule has 1 aliphatic heterocycles. The molecule has 4 aromatic rings. The molecule has 1 aliphatic rings. The number of imidazole rings is 1. The van der Waals surface area contributed by atoms with Crippen molar-refractivity contribution in [3.8, 4) is 17.2 Å². The topological polar surface area (TPSA) is 115 Å². The molecule has 244 valence electrons. The Morgan fingerprint density at radius 1 is 0.870 bits per heavy atom. The molecule has 15 heteroatoms. The van der Waals surface area contributed by atoms with E-state index in [1.807, 2.05) is 48.5 Å². The fourth-order valence-electron chi connectivity index (χ4n) is 4.87.